The molecule has 0 radical (unpaired) electrons. The van der Waals surface area contributed by atoms with Crippen LogP contribution in [0.1, 0.15) is 15.9 Å². The third kappa shape index (κ3) is 4.31. The molecule has 2 aromatic carbocycles. The summed E-state index contributed by atoms with van der Waals surface area (Å²) in [6.07, 6.45) is 0. The molecule has 0 atom stereocenters. The molecular formula is C17H16ClNO4. The fourth-order valence-corrected chi connectivity index (χ4v) is 2.20. The van der Waals surface area contributed by atoms with Crippen molar-refractivity contribution in [1.29, 1.82) is 0 Å². The highest BCUT2D eigenvalue weighted by molar-refractivity contribution is 6.31. The van der Waals surface area contributed by atoms with Gasteiger partial charge in [-0.05, 0) is 42.5 Å². The molecule has 1 N–H and O–H groups in total. The van der Waals surface area contributed by atoms with Crippen molar-refractivity contribution in [2.75, 3.05) is 26.1 Å². The number of ketones is 1. The SMILES string of the molecule is COCC(=O)Nc1ccc(Cl)cc1C(=O)c1ccc(OC)cc1. The third-order valence-corrected chi connectivity index (χ3v) is 3.36. The lowest BCUT2D eigenvalue weighted by Gasteiger charge is -2.11. The third-order valence-electron chi connectivity index (χ3n) is 3.13. The van der Waals surface area contributed by atoms with Gasteiger partial charge in [0.1, 0.15) is 12.4 Å². The van der Waals surface area contributed by atoms with Crippen molar-refractivity contribution in [3.05, 3.63) is 58.6 Å². The molecule has 0 heterocycles. The Balaban J connectivity index is 2.34. The first-order chi connectivity index (χ1) is 11.0. The Kier molecular flexibility index (Phi) is 5.73. The summed E-state index contributed by atoms with van der Waals surface area (Å²) in [6.45, 7) is -0.0984. The number of methoxy groups -OCH3 is 2. The zero-order chi connectivity index (χ0) is 16.8. The summed E-state index contributed by atoms with van der Waals surface area (Å²) in [6, 6.07) is 11.4. The van der Waals surface area contributed by atoms with Gasteiger partial charge in [-0.2, -0.15) is 0 Å². The van der Waals surface area contributed by atoms with Crippen LogP contribution in [-0.4, -0.2) is 32.5 Å². The average molecular weight is 334 g/mol. The van der Waals surface area contributed by atoms with Crippen LogP contribution >= 0.6 is 11.6 Å². The smallest absolute Gasteiger partial charge is 0.250 e. The first-order valence-corrected chi connectivity index (χ1v) is 7.20. The van der Waals surface area contributed by atoms with E-state index in [0.717, 1.165) is 0 Å². The lowest BCUT2D eigenvalue weighted by molar-refractivity contribution is -0.119. The molecule has 6 heteroatoms. The molecule has 2 aromatic rings. The van der Waals surface area contributed by atoms with E-state index in [1.807, 2.05) is 0 Å². The summed E-state index contributed by atoms with van der Waals surface area (Å²) < 4.78 is 9.85. The highest BCUT2D eigenvalue weighted by Gasteiger charge is 2.16. The Hall–Kier alpha value is -2.37. The summed E-state index contributed by atoms with van der Waals surface area (Å²) in [5, 5.41) is 3.05. The number of amides is 1. The van der Waals surface area contributed by atoms with E-state index in [9.17, 15) is 9.59 Å². The van der Waals surface area contributed by atoms with E-state index in [-0.39, 0.29) is 18.3 Å². The highest BCUT2D eigenvalue weighted by atomic mass is 35.5. The maximum absolute atomic E-state index is 12.7. The molecule has 0 aliphatic heterocycles. The minimum atomic E-state index is -0.349. The van der Waals surface area contributed by atoms with E-state index in [2.05, 4.69) is 5.32 Å². The topological polar surface area (TPSA) is 64.6 Å². The number of carbonyl (C=O) groups excluding carboxylic acids is 2. The zero-order valence-electron chi connectivity index (χ0n) is 12.8. The van der Waals surface area contributed by atoms with E-state index in [1.165, 1.54) is 13.2 Å². The number of anilines is 1. The van der Waals surface area contributed by atoms with Gasteiger partial charge in [0.05, 0.1) is 12.8 Å². The van der Waals surface area contributed by atoms with Gasteiger partial charge in [0.25, 0.3) is 0 Å². The Morgan fingerprint density at radius 2 is 1.78 bits per heavy atom. The van der Waals surface area contributed by atoms with Gasteiger partial charge in [0.2, 0.25) is 5.91 Å². The van der Waals surface area contributed by atoms with Crippen LogP contribution in [0.5, 0.6) is 5.75 Å². The normalized spacial score (nSPS) is 10.2. The molecule has 5 nitrogen and oxygen atoms in total. The summed E-state index contributed by atoms with van der Waals surface area (Å²) in [4.78, 5) is 24.4. The van der Waals surface area contributed by atoms with Crippen LogP contribution in [0.2, 0.25) is 5.02 Å². The van der Waals surface area contributed by atoms with Crippen molar-refractivity contribution < 1.29 is 19.1 Å². The molecule has 0 spiro atoms. The van der Waals surface area contributed by atoms with Crippen molar-refractivity contribution in [3.8, 4) is 5.75 Å². The van der Waals surface area contributed by atoms with Crippen molar-refractivity contribution in [2.24, 2.45) is 0 Å². The summed E-state index contributed by atoms with van der Waals surface area (Å²) in [5.74, 6) is 0.0581. The van der Waals surface area contributed by atoms with Crippen LogP contribution < -0.4 is 10.1 Å². The molecule has 23 heavy (non-hydrogen) atoms. The lowest BCUT2D eigenvalue weighted by Crippen LogP contribution is -2.19. The van der Waals surface area contributed by atoms with E-state index >= 15 is 0 Å². The van der Waals surface area contributed by atoms with Crippen LogP contribution in [0.4, 0.5) is 5.69 Å². The zero-order valence-corrected chi connectivity index (χ0v) is 13.5. The maximum atomic E-state index is 12.7. The van der Waals surface area contributed by atoms with Gasteiger partial charge in [-0.3, -0.25) is 9.59 Å². The van der Waals surface area contributed by atoms with Gasteiger partial charge in [-0.15, -0.1) is 0 Å². The summed E-state index contributed by atoms with van der Waals surface area (Å²) in [7, 11) is 2.97. The molecule has 0 aliphatic rings. The first-order valence-electron chi connectivity index (χ1n) is 6.82. The second-order valence-electron chi connectivity index (χ2n) is 4.73. The molecule has 120 valence electrons. The van der Waals surface area contributed by atoms with Crippen LogP contribution in [0.15, 0.2) is 42.5 Å². The van der Waals surface area contributed by atoms with Gasteiger partial charge in [-0.25, -0.2) is 0 Å². The second kappa shape index (κ2) is 7.76. The number of carbonyl (C=O) groups is 2. The Morgan fingerprint density at radius 3 is 2.39 bits per heavy atom. The molecule has 0 saturated heterocycles. The number of rotatable bonds is 6. The van der Waals surface area contributed by atoms with Crippen molar-refractivity contribution >= 4 is 29.0 Å². The van der Waals surface area contributed by atoms with Gasteiger partial charge in [0.15, 0.2) is 5.78 Å². The number of nitrogens with one attached hydrogen (secondary N) is 1. The molecule has 0 saturated carbocycles. The monoisotopic (exact) mass is 333 g/mol. The predicted octanol–water partition coefficient (Wildman–Crippen LogP) is 3.16. The largest absolute Gasteiger partial charge is 0.497 e. The number of ether oxygens (including phenoxy) is 2. The average Bonchev–Trinajstić information content (AvgIpc) is 2.56. The Morgan fingerprint density at radius 1 is 1.09 bits per heavy atom. The van der Waals surface area contributed by atoms with Crippen molar-refractivity contribution in [1.82, 2.24) is 0 Å². The molecular weight excluding hydrogens is 318 g/mol. The van der Waals surface area contributed by atoms with Crippen LogP contribution in [-0.2, 0) is 9.53 Å². The minimum absolute atomic E-state index is 0.0984. The molecule has 0 bridgehead atoms. The molecule has 0 unspecified atom stereocenters. The second-order valence-corrected chi connectivity index (χ2v) is 5.17. The van der Waals surface area contributed by atoms with Crippen LogP contribution in [0.3, 0.4) is 0 Å². The number of halogens is 1. The quantitative estimate of drug-likeness (QED) is 0.825. The number of hydrogen-bond donors (Lipinski definition) is 1. The van der Waals surface area contributed by atoms with Gasteiger partial charge in [0, 0.05) is 23.3 Å². The molecule has 1 amide bonds. The van der Waals surface area contributed by atoms with Gasteiger partial charge >= 0.3 is 0 Å². The van der Waals surface area contributed by atoms with Crippen molar-refractivity contribution in [2.45, 2.75) is 0 Å². The number of hydrogen-bond acceptors (Lipinski definition) is 4. The fourth-order valence-electron chi connectivity index (χ4n) is 2.03. The standard InChI is InChI=1S/C17H16ClNO4/c1-22-10-16(20)19-15-8-5-12(18)9-14(15)17(21)11-3-6-13(23-2)7-4-11/h3-9H,10H2,1-2H3,(H,19,20). The maximum Gasteiger partial charge on any atom is 0.250 e. The first kappa shape index (κ1) is 17.0. The molecule has 0 aliphatic carbocycles. The minimum Gasteiger partial charge on any atom is -0.497 e. The Bertz CT molecular complexity index is 713. The van der Waals surface area contributed by atoms with Crippen LogP contribution in [0.25, 0.3) is 0 Å². The molecule has 0 aromatic heterocycles. The van der Waals surface area contributed by atoms with E-state index < -0.39 is 0 Å². The van der Waals surface area contributed by atoms with Gasteiger partial charge < -0.3 is 14.8 Å². The fraction of sp³-hybridized carbons (Fsp3) is 0.176. The summed E-state index contributed by atoms with van der Waals surface area (Å²) >= 11 is 5.98. The molecule has 0 fully saturated rings. The van der Waals surface area contributed by atoms with E-state index in [0.29, 0.717) is 27.6 Å². The number of benzene rings is 2. The Labute approximate surface area is 139 Å². The van der Waals surface area contributed by atoms with Gasteiger partial charge in [-0.1, -0.05) is 11.6 Å². The van der Waals surface area contributed by atoms with Crippen LogP contribution in [0, 0.1) is 0 Å². The predicted molar refractivity (Wildman–Crippen MR) is 88.4 cm³/mol. The summed E-state index contributed by atoms with van der Waals surface area (Å²) in [5.41, 5.74) is 1.17. The highest BCUT2D eigenvalue weighted by Crippen LogP contribution is 2.24. The molecule has 2 rings (SSSR count). The van der Waals surface area contributed by atoms with E-state index in [4.69, 9.17) is 21.1 Å². The lowest BCUT2D eigenvalue weighted by atomic mass is 10.0. The van der Waals surface area contributed by atoms with Crippen molar-refractivity contribution in [3.63, 3.8) is 0 Å². The van der Waals surface area contributed by atoms with E-state index in [1.54, 1.807) is 43.5 Å².